The number of nitrogens with one attached hydrogen (secondary N) is 1. The van der Waals surface area contributed by atoms with Crippen molar-refractivity contribution in [2.24, 2.45) is 7.05 Å². The van der Waals surface area contributed by atoms with E-state index in [1.54, 1.807) is 49.0 Å². The molecule has 0 saturated carbocycles. The molecule has 4 rings (SSSR count). The molecule has 1 aliphatic rings. The Morgan fingerprint density at radius 3 is 2.41 bits per heavy atom. The highest BCUT2D eigenvalue weighted by molar-refractivity contribution is 7.92. The number of anilines is 2. The van der Waals surface area contributed by atoms with E-state index in [1.807, 2.05) is 6.92 Å². The fourth-order valence-corrected chi connectivity index (χ4v) is 5.08. The summed E-state index contributed by atoms with van der Waals surface area (Å²) >= 11 is 0. The van der Waals surface area contributed by atoms with Crippen molar-refractivity contribution in [2.45, 2.75) is 18.7 Å². The number of amides is 1. The topological polar surface area (TPSA) is 112 Å². The molecule has 1 N–H and O–H groups in total. The standard InChI is InChI=1S/C23H26N4O6S/c1-15-23(16(2)26(3)25-15)24-22(28)14-27(17-5-7-18(31-4)8-6-17)34(29,30)19-9-10-20-21(13-19)33-12-11-32-20/h5-10,13H,11-12,14H2,1-4H3,(H,24,28). The van der Waals surface area contributed by atoms with Crippen molar-refractivity contribution >= 4 is 27.3 Å². The number of ether oxygens (including phenoxy) is 3. The van der Waals surface area contributed by atoms with Gasteiger partial charge in [0.2, 0.25) is 5.91 Å². The molecule has 2 heterocycles. The summed E-state index contributed by atoms with van der Waals surface area (Å²) in [6.45, 7) is 3.87. The molecule has 1 aromatic heterocycles. The highest BCUT2D eigenvalue weighted by Crippen LogP contribution is 2.34. The highest BCUT2D eigenvalue weighted by Gasteiger charge is 2.29. The van der Waals surface area contributed by atoms with Gasteiger partial charge in [0.05, 0.1) is 34.8 Å². The molecule has 0 bridgehead atoms. The van der Waals surface area contributed by atoms with E-state index in [-0.39, 0.29) is 4.90 Å². The van der Waals surface area contributed by atoms with E-state index in [9.17, 15) is 13.2 Å². The number of aryl methyl sites for hydroxylation is 2. The number of carbonyl (C=O) groups is 1. The number of aromatic nitrogens is 2. The Morgan fingerprint density at radius 1 is 1.12 bits per heavy atom. The number of hydrogen-bond donors (Lipinski definition) is 1. The van der Waals surface area contributed by atoms with Gasteiger partial charge in [-0.05, 0) is 50.2 Å². The summed E-state index contributed by atoms with van der Waals surface area (Å²) in [4.78, 5) is 13.0. The van der Waals surface area contributed by atoms with Gasteiger partial charge in [0.15, 0.2) is 11.5 Å². The summed E-state index contributed by atoms with van der Waals surface area (Å²) in [5, 5.41) is 7.09. The first kappa shape index (κ1) is 23.4. The highest BCUT2D eigenvalue weighted by atomic mass is 32.2. The zero-order chi connectivity index (χ0) is 24.5. The Hall–Kier alpha value is -3.73. The number of nitrogens with zero attached hydrogens (tertiary/aromatic N) is 3. The maximum absolute atomic E-state index is 13.7. The number of methoxy groups -OCH3 is 1. The molecule has 180 valence electrons. The molecule has 10 nitrogen and oxygen atoms in total. The van der Waals surface area contributed by atoms with Crippen LogP contribution in [0.5, 0.6) is 17.2 Å². The lowest BCUT2D eigenvalue weighted by atomic mass is 10.3. The molecule has 2 aromatic carbocycles. The number of fused-ring (bicyclic) bond motifs is 1. The predicted octanol–water partition coefficient (Wildman–Crippen LogP) is 2.65. The number of hydrogen-bond acceptors (Lipinski definition) is 7. The van der Waals surface area contributed by atoms with Crippen molar-refractivity contribution < 1.29 is 27.4 Å². The van der Waals surface area contributed by atoms with Crippen LogP contribution in [0.1, 0.15) is 11.4 Å². The van der Waals surface area contributed by atoms with E-state index >= 15 is 0 Å². The van der Waals surface area contributed by atoms with E-state index in [2.05, 4.69) is 10.4 Å². The third kappa shape index (κ3) is 4.51. The van der Waals surface area contributed by atoms with Crippen molar-refractivity contribution in [2.75, 3.05) is 36.5 Å². The lowest BCUT2D eigenvalue weighted by Gasteiger charge is -2.25. The summed E-state index contributed by atoms with van der Waals surface area (Å²) in [5.74, 6) is 0.872. The van der Waals surface area contributed by atoms with Crippen LogP contribution in [0.15, 0.2) is 47.4 Å². The van der Waals surface area contributed by atoms with Crippen LogP contribution in [-0.2, 0) is 21.9 Å². The van der Waals surface area contributed by atoms with Crippen LogP contribution in [0.3, 0.4) is 0 Å². The summed E-state index contributed by atoms with van der Waals surface area (Å²) in [6, 6.07) is 10.8. The molecule has 11 heteroatoms. The minimum atomic E-state index is -4.13. The lowest BCUT2D eigenvalue weighted by molar-refractivity contribution is -0.114. The van der Waals surface area contributed by atoms with Gasteiger partial charge in [-0.3, -0.25) is 13.8 Å². The minimum Gasteiger partial charge on any atom is -0.497 e. The first-order valence-corrected chi connectivity index (χ1v) is 12.0. The fraction of sp³-hybridized carbons (Fsp3) is 0.304. The predicted molar refractivity (Wildman–Crippen MR) is 126 cm³/mol. The fourth-order valence-electron chi connectivity index (χ4n) is 3.64. The normalized spacial score (nSPS) is 12.8. The van der Waals surface area contributed by atoms with Crippen molar-refractivity contribution in [1.82, 2.24) is 9.78 Å². The second kappa shape index (κ2) is 9.26. The zero-order valence-corrected chi connectivity index (χ0v) is 20.2. The molecule has 0 radical (unpaired) electrons. The minimum absolute atomic E-state index is 0.0193. The first-order valence-electron chi connectivity index (χ1n) is 10.6. The summed E-state index contributed by atoms with van der Waals surface area (Å²) in [7, 11) is -0.844. The molecule has 34 heavy (non-hydrogen) atoms. The average molecular weight is 487 g/mol. The van der Waals surface area contributed by atoms with Crippen LogP contribution >= 0.6 is 0 Å². The van der Waals surface area contributed by atoms with Gasteiger partial charge >= 0.3 is 0 Å². The molecule has 0 unspecified atom stereocenters. The molecular weight excluding hydrogens is 460 g/mol. The van der Waals surface area contributed by atoms with Gasteiger partial charge < -0.3 is 19.5 Å². The van der Waals surface area contributed by atoms with Crippen molar-refractivity contribution in [3.63, 3.8) is 0 Å². The molecule has 1 aliphatic heterocycles. The molecular formula is C23H26N4O6S. The van der Waals surface area contributed by atoms with Gasteiger partial charge in [-0.15, -0.1) is 0 Å². The molecule has 0 aliphatic carbocycles. The maximum atomic E-state index is 13.7. The SMILES string of the molecule is COc1ccc(N(CC(=O)Nc2c(C)nn(C)c2C)S(=O)(=O)c2ccc3c(c2)OCCO3)cc1. The Morgan fingerprint density at radius 2 is 1.79 bits per heavy atom. The second-order valence-electron chi connectivity index (χ2n) is 7.73. The van der Waals surface area contributed by atoms with Gasteiger partial charge in [-0.25, -0.2) is 8.42 Å². The smallest absolute Gasteiger partial charge is 0.264 e. The van der Waals surface area contributed by atoms with Gasteiger partial charge in [-0.1, -0.05) is 0 Å². The summed E-state index contributed by atoms with van der Waals surface area (Å²) in [5.41, 5.74) is 2.26. The Kier molecular flexibility index (Phi) is 6.38. The van der Waals surface area contributed by atoms with Crippen LogP contribution in [0, 0.1) is 13.8 Å². The lowest BCUT2D eigenvalue weighted by Crippen LogP contribution is -2.38. The largest absolute Gasteiger partial charge is 0.497 e. The number of sulfonamides is 1. The van der Waals surface area contributed by atoms with Gasteiger partial charge in [-0.2, -0.15) is 5.10 Å². The molecule has 0 saturated heterocycles. The molecule has 0 spiro atoms. The Bertz CT molecular complexity index is 1320. The molecule has 0 atom stereocenters. The Balaban J connectivity index is 1.69. The van der Waals surface area contributed by atoms with Crippen LogP contribution < -0.4 is 23.8 Å². The van der Waals surface area contributed by atoms with Crippen LogP contribution in [0.4, 0.5) is 11.4 Å². The maximum Gasteiger partial charge on any atom is 0.264 e. The van der Waals surface area contributed by atoms with Crippen LogP contribution in [0.25, 0.3) is 0 Å². The quantitative estimate of drug-likeness (QED) is 0.546. The number of benzene rings is 2. The van der Waals surface area contributed by atoms with Gasteiger partial charge in [0.25, 0.3) is 10.0 Å². The second-order valence-corrected chi connectivity index (χ2v) is 9.60. The van der Waals surface area contributed by atoms with Gasteiger partial charge in [0, 0.05) is 13.1 Å². The van der Waals surface area contributed by atoms with Gasteiger partial charge in [0.1, 0.15) is 25.5 Å². The molecule has 3 aromatic rings. The van der Waals surface area contributed by atoms with E-state index in [1.165, 1.54) is 19.2 Å². The number of carbonyl (C=O) groups excluding carboxylic acids is 1. The average Bonchev–Trinajstić information content (AvgIpc) is 3.08. The zero-order valence-electron chi connectivity index (χ0n) is 19.4. The molecule has 1 amide bonds. The van der Waals surface area contributed by atoms with Crippen molar-refractivity contribution in [1.29, 1.82) is 0 Å². The summed E-state index contributed by atoms with van der Waals surface area (Å²) < 4.78 is 46.3. The van der Waals surface area contributed by atoms with Crippen molar-refractivity contribution in [3.8, 4) is 17.2 Å². The van der Waals surface area contributed by atoms with Crippen molar-refractivity contribution in [3.05, 3.63) is 53.9 Å². The first-order chi connectivity index (χ1) is 16.2. The third-order valence-corrected chi connectivity index (χ3v) is 7.29. The summed E-state index contributed by atoms with van der Waals surface area (Å²) in [6.07, 6.45) is 0. The Labute approximate surface area is 198 Å². The van der Waals surface area contributed by atoms with Crippen LogP contribution in [0.2, 0.25) is 0 Å². The van der Waals surface area contributed by atoms with E-state index in [4.69, 9.17) is 14.2 Å². The monoisotopic (exact) mass is 486 g/mol. The van der Waals surface area contributed by atoms with E-state index < -0.39 is 22.5 Å². The van der Waals surface area contributed by atoms with E-state index in [0.717, 1.165) is 10.00 Å². The third-order valence-electron chi connectivity index (χ3n) is 5.52. The van der Waals surface area contributed by atoms with Crippen LogP contribution in [-0.4, -0.2) is 51.0 Å². The van der Waals surface area contributed by atoms with E-state index in [0.29, 0.717) is 47.5 Å². The number of rotatable bonds is 7. The molecule has 0 fully saturated rings.